The summed E-state index contributed by atoms with van der Waals surface area (Å²) in [6, 6.07) is 9.20. The summed E-state index contributed by atoms with van der Waals surface area (Å²) in [5.74, 6) is -0.0309. The molecule has 5 nitrogen and oxygen atoms in total. The molecular weight excluding hydrogens is 307 g/mol. The van der Waals surface area contributed by atoms with E-state index in [2.05, 4.69) is 0 Å². The standard InChI is InChI=1S/C15H15FN2O3S/c1-10-9-21-15-7-4-12(17)8-14(15)18(10)22(19,20)13-5-2-11(16)3-6-13/h2-8,10H,9,17H2,1H3. The van der Waals surface area contributed by atoms with E-state index < -0.39 is 21.9 Å². The van der Waals surface area contributed by atoms with Gasteiger partial charge in [0.05, 0.1) is 16.6 Å². The summed E-state index contributed by atoms with van der Waals surface area (Å²) < 4.78 is 45.6. The molecule has 2 aromatic rings. The first-order chi connectivity index (χ1) is 10.4. The molecule has 0 amide bonds. The van der Waals surface area contributed by atoms with Crippen LogP contribution in [-0.2, 0) is 10.0 Å². The predicted molar refractivity (Wildman–Crippen MR) is 81.9 cm³/mol. The van der Waals surface area contributed by atoms with E-state index in [0.717, 1.165) is 12.1 Å². The number of sulfonamides is 1. The van der Waals surface area contributed by atoms with Crippen LogP contribution in [0.4, 0.5) is 15.8 Å². The molecule has 1 aliphatic heterocycles. The molecule has 2 N–H and O–H groups in total. The number of fused-ring (bicyclic) bond motifs is 1. The third-order valence-corrected chi connectivity index (χ3v) is 5.41. The second-order valence-corrected chi connectivity index (χ2v) is 6.96. The van der Waals surface area contributed by atoms with Crippen molar-refractivity contribution in [3.05, 3.63) is 48.3 Å². The molecule has 1 aliphatic rings. The molecule has 0 bridgehead atoms. The minimum atomic E-state index is -3.83. The molecule has 0 fully saturated rings. The Balaban J connectivity index is 2.14. The van der Waals surface area contributed by atoms with E-state index in [-0.39, 0.29) is 11.5 Å². The third kappa shape index (κ3) is 2.37. The van der Waals surface area contributed by atoms with Gasteiger partial charge in [0.25, 0.3) is 10.0 Å². The van der Waals surface area contributed by atoms with Gasteiger partial charge in [0.1, 0.15) is 18.2 Å². The fourth-order valence-electron chi connectivity index (χ4n) is 2.43. The molecule has 0 saturated heterocycles. The van der Waals surface area contributed by atoms with Crippen LogP contribution in [0.1, 0.15) is 6.92 Å². The van der Waals surface area contributed by atoms with Gasteiger partial charge in [-0.15, -0.1) is 0 Å². The maximum atomic E-state index is 13.0. The van der Waals surface area contributed by atoms with Gasteiger partial charge in [0.2, 0.25) is 0 Å². The number of hydrogen-bond acceptors (Lipinski definition) is 4. The van der Waals surface area contributed by atoms with Crippen molar-refractivity contribution >= 4 is 21.4 Å². The molecule has 0 radical (unpaired) electrons. The molecule has 0 aliphatic carbocycles. The number of nitrogen functional groups attached to an aromatic ring is 1. The fraction of sp³-hybridized carbons (Fsp3) is 0.200. The monoisotopic (exact) mass is 322 g/mol. The molecule has 1 atom stereocenters. The number of rotatable bonds is 2. The number of nitrogens with zero attached hydrogens (tertiary/aromatic N) is 1. The Hall–Kier alpha value is -2.28. The lowest BCUT2D eigenvalue weighted by Crippen LogP contribution is -2.45. The quantitative estimate of drug-likeness (QED) is 0.862. The van der Waals surface area contributed by atoms with Crippen molar-refractivity contribution in [2.24, 2.45) is 0 Å². The topological polar surface area (TPSA) is 72.6 Å². The summed E-state index contributed by atoms with van der Waals surface area (Å²) in [5.41, 5.74) is 6.60. The van der Waals surface area contributed by atoms with Crippen LogP contribution in [0.25, 0.3) is 0 Å². The van der Waals surface area contributed by atoms with Gasteiger partial charge >= 0.3 is 0 Å². The zero-order chi connectivity index (χ0) is 15.9. The number of nitrogens with two attached hydrogens (primary N) is 1. The molecule has 7 heteroatoms. The van der Waals surface area contributed by atoms with Crippen LogP contribution >= 0.6 is 0 Å². The maximum absolute atomic E-state index is 13.0. The first kappa shape index (κ1) is 14.6. The van der Waals surface area contributed by atoms with Gasteiger partial charge in [0, 0.05) is 5.69 Å². The largest absolute Gasteiger partial charge is 0.489 e. The molecular formula is C15H15FN2O3S. The van der Waals surface area contributed by atoms with Crippen molar-refractivity contribution in [3.63, 3.8) is 0 Å². The predicted octanol–water partition coefficient (Wildman–Crippen LogP) is 2.38. The number of anilines is 2. The van der Waals surface area contributed by atoms with Crippen LogP contribution in [0.2, 0.25) is 0 Å². The van der Waals surface area contributed by atoms with Crippen LogP contribution in [0, 0.1) is 5.82 Å². The highest BCUT2D eigenvalue weighted by Gasteiger charge is 2.35. The number of halogens is 1. The lowest BCUT2D eigenvalue weighted by atomic mass is 10.2. The molecule has 0 saturated carbocycles. The average Bonchev–Trinajstić information content (AvgIpc) is 2.47. The van der Waals surface area contributed by atoms with Crippen LogP contribution in [0.15, 0.2) is 47.4 Å². The van der Waals surface area contributed by atoms with Crippen molar-refractivity contribution < 1.29 is 17.5 Å². The van der Waals surface area contributed by atoms with Crippen molar-refractivity contribution in [2.45, 2.75) is 17.9 Å². The highest BCUT2D eigenvalue weighted by atomic mass is 32.2. The number of ether oxygens (including phenoxy) is 1. The molecule has 1 unspecified atom stereocenters. The average molecular weight is 322 g/mol. The van der Waals surface area contributed by atoms with Crippen LogP contribution in [-0.4, -0.2) is 21.1 Å². The first-order valence-corrected chi connectivity index (χ1v) is 8.16. The van der Waals surface area contributed by atoms with Crippen LogP contribution in [0.5, 0.6) is 5.75 Å². The summed E-state index contributed by atoms with van der Waals surface area (Å²) in [5, 5.41) is 0. The van der Waals surface area contributed by atoms with Gasteiger partial charge in [-0.2, -0.15) is 0 Å². The van der Waals surface area contributed by atoms with E-state index in [1.54, 1.807) is 25.1 Å². The summed E-state index contributed by atoms with van der Waals surface area (Å²) >= 11 is 0. The normalized spacial score (nSPS) is 17.7. The van der Waals surface area contributed by atoms with Gasteiger partial charge < -0.3 is 10.5 Å². The molecule has 0 spiro atoms. The fourth-order valence-corrected chi connectivity index (χ4v) is 4.07. The Morgan fingerprint density at radius 1 is 1.23 bits per heavy atom. The minimum Gasteiger partial charge on any atom is -0.489 e. The van der Waals surface area contributed by atoms with Crippen molar-refractivity contribution in [3.8, 4) is 5.75 Å². The number of hydrogen-bond donors (Lipinski definition) is 1. The van der Waals surface area contributed by atoms with Gasteiger partial charge in [-0.25, -0.2) is 12.8 Å². The first-order valence-electron chi connectivity index (χ1n) is 6.72. The molecule has 2 aromatic carbocycles. The van der Waals surface area contributed by atoms with Gasteiger partial charge in [-0.1, -0.05) is 0 Å². The number of benzene rings is 2. The van der Waals surface area contributed by atoms with E-state index in [4.69, 9.17) is 10.5 Å². The molecule has 3 rings (SSSR count). The van der Waals surface area contributed by atoms with E-state index in [1.165, 1.54) is 16.4 Å². The van der Waals surface area contributed by atoms with Gasteiger partial charge in [-0.3, -0.25) is 4.31 Å². The van der Waals surface area contributed by atoms with Crippen LogP contribution < -0.4 is 14.8 Å². The van der Waals surface area contributed by atoms with Gasteiger partial charge in [-0.05, 0) is 49.4 Å². The SMILES string of the molecule is CC1COc2ccc(N)cc2N1S(=O)(=O)c1ccc(F)cc1. The van der Waals surface area contributed by atoms with Gasteiger partial charge in [0.15, 0.2) is 0 Å². The summed E-state index contributed by atoms with van der Waals surface area (Å²) in [6.45, 7) is 1.98. The Morgan fingerprint density at radius 2 is 1.91 bits per heavy atom. The summed E-state index contributed by atoms with van der Waals surface area (Å²) in [6.07, 6.45) is 0. The van der Waals surface area contributed by atoms with Crippen molar-refractivity contribution in [2.75, 3.05) is 16.6 Å². The lowest BCUT2D eigenvalue weighted by molar-refractivity contribution is 0.281. The Labute approximate surface area is 128 Å². The summed E-state index contributed by atoms with van der Waals surface area (Å²) in [7, 11) is -3.83. The highest BCUT2D eigenvalue weighted by molar-refractivity contribution is 7.92. The maximum Gasteiger partial charge on any atom is 0.264 e. The molecule has 116 valence electrons. The Kier molecular flexibility index (Phi) is 3.44. The third-order valence-electron chi connectivity index (χ3n) is 3.47. The lowest BCUT2D eigenvalue weighted by Gasteiger charge is -2.35. The second kappa shape index (κ2) is 5.17. The zero-order valence-corrected chi connectivity index (χ0v) is 12.7. The van der Waals surface area contributed by atoms with Crippen LogP contribution in [0.3, 0.4) is 0 Å². The smallest absolute Gasteiger partial charge is 0.264 e. The Bertz CT molecular complexity index is 806. The molecule has 0 aromatic heterocycles. The molecule has 22 heavy (non-hydrogen) atoms. The van der Waals surface area contributed by atoms with Crippen molar-refractivity contribution in [1.29, 1.82) is 0 Å². The van der Waals surface area contributed by atoms with E-state index in [9.17, 15) is 12.8 Å². The second-order valence-electron chi connectivity index (χ2n) is 5.14. The molecule has 1 heterocycles. The van der Waals surface area contributed by atoms with E-state index >= 15 is 0 Å². The zero-order valence-electron chi connectivity index (χ0n) is 11.9. The Morgan fingerprint density at radius 3 is 2.59 bits per heavy atom. The summed E-state index contributed by atoms with van der Waals surface area (Å²) in [4.78, 5) is 0.0241. The van der Waals surface area contributed by atoms with Crippen molar-refractivity contribution in [1.82, 2.24) is 0 Å². The van der Waals surface area contributed by atoms with E-state index in [1.807, 2.05) is 0 Å². The minimum absolute atomic E-state index is 0.0241. The highest BCUT2D eigenvalue weighted by Crippen LogP contribution is 2.38. The van der Waals surface area contributed by atoms with E-state index in [0.29, 0.717) is 17.1 Å².